The van der Waals surface area contributed by atoms with Crippen molar-refractivity contribution < 1.29 is 14.4 Å². The summed E-state index contributed by atoms with van der Waals surface area (Å²) in [7, 11) is 4.64. The van der Waals surface area contributed by atoms with Gasteiger partial charge in [-0.05, 0) is 30.2 Å². The van der Waals surface area contributed by atoms with E-state index in [2.05, 4.69) is 11.7 Å². The SMILES string of the molecule is C=C(C)c1nn(Cc2ccc(OC)cc2)cc1C(=O)N(C)OC. The molecule has 0 saturated carbocycles. The second-order valence-corrected chi connectivity index (χ2v) is 5.20. The van der Waals surface area contributed by atoms with Gasteiger partial charge in [-0.1, -0.05) is 18.7 Å². The zero-order chi connectivity index (χ0) is 17.0. The monoisotopic (exact) mass is 315 g/mol. The van der Waals surface area contributed by atoms with Crippen LogP contribution in [0.4, 0.5) is 0 Å². The van der Waals surface area contributed by atoms with Crippen molar-refractivity contribution in [1.82, 2.24) is 14.8 Å². The Morgan fingerprint density at radius 1 is 1.30 bits per heavy atom. The van der Waals surface area contributed by atoms with Gasteiger partial charge in [0.2, 0.25) is 0 Å². The van der Waals surface area contributed by atoms with Gasteiger partial charge in [-0.15, -0.1) is 0 Å². The van der Waals surface area contributed by atoms with E-state index in [1.54, 1.807) is 25.0 Å². The van der Waals surface area contributed by atoms with Gasteiger partial charge in [0, 0.05) is 13.2 Å². The summed E-state index contributed by atoms with van der Waals surface area (Å²) in [5, 5.41) is 5.64. The summed E-state index contributed by atoms with van der Waals surface area (Å²) in [4.78, 5) is 17.3. The number of rotatable bonds is 6. The highest BCUT2D eigenvalue weighted by Crippen LogP contribution is 2.19. The van der Waals surface area contributed by atoms with Gasteiger partial charge in [-0.3, -0.25) is 14.3 Å². The molecule has 0 aliphatic rings. The fraction of sp³-hybridized carbons (Fsp3) is 0.294. The number of amides is 1. The number of methoxy groups -OCH3 is 1. The zero-order valence-corrected chi connectivity index (χ0v) is 13.9. The minimum atomic E-state index is -0.258. The Bertz CT molecular complexity index is 704. The van der Waals surface area contributed by atoms with E-state index < -0.39 is 0 Å². The molecule has 0 aliphatic heterocycles. The van der Waals surface area contributed by atoms with Gasteiger partial charge >= 0.3 is 0 Å². The van der Waals surface area contributed by atoms with Crippen LogP contribution in [0, 0.1) is 0 Å². The van der Waals surface area contributed by atoms with Gasteiger partial charge in [0.05, 0.1) is 26.3 Å². The van der Waals surface area contributed by atoms with Crippen LogP contribution in [0.3, 0.4) is 0 Å². The number of nitrogens with zero attached hydrogens (tertiary/aromatic N) is 3. The normalized spacial score (nSPS) is 10.4. The van der Waals surface area contributed by atoms with Crippen LogP contribution in [-0.4, -0.2) is 42.0 Å². The molecule has 1 aromatic heterocycles. The summed E-state index contributed by atoms with van der Waals surface area (Å²) in [6.07, 6.45) is 1.71. The van der Waals surface area contributed by atoms with Crippen LogP contribution < -0.4 is 4.74 Å². The summed E-state index contributed by atoms with van der Waals surface area (Å²) in [5.41, 5.74) is 2.83. The summed E-state index contributed by atoms with van der Waals surface area (Å²) >= 11 is 0. The second kappa shape index (κ2) is 7.11. The van der Waals surface area contributed by atoms with Gasteiger partial charge < -0.3 is 4.74 Å². The first-order valence-corrected chi connectivity index (χ1v) is 7.14. The highest BCUT2D eigenvalue weighted by atomic mass is 16.7. The van der Waals surface area contributed by atoms with Crippen molar-refractivity contribution in [2.45, 2.75) is 13.5 Å². The van der Waals surface area contributed by atoms with Gasteiger partial charge in [0.15, 0.2) is 0 Å². The molecule has 0 bridgehead atoms. The third-order valence-electron chi connectivity index (χ3n) is 3.46. The Morgan fingerprint density at radius 3 is 2.48 bits per heavy atom. The molecule has 6 heteroatoms. The number of aromatic nitrogens is 2. The first kappa shape index (κ1) is 16.8. The maximum Gasteiger partial charge on any atom is 0.280 e. The Morgan fingerprint density at radius 2 is 1.96 bits per heavy atom. The van der Waals surface area contributed by atoms with Crippen LogP contribution in [0.1, 0.15) is 28.5 Å². The van der Waals surface area contributed by atoms with E-state index >= 15 is 0 Å². The third-order valence-corrected chi connectivity index (χ3v) is 3.46. The van der Waals surface area contributed by atoms with Gasteiger partial charge in [-0.25, -0.2) is 5.06 Å². The number of hydrogen-bond acceptors (Lipinski definition) is 4. The van der Waals surface area contributed by atoms with Crippen molar-refractivity contribution in [2.24, 2.45) is 0 Å². The molecule has 1 heterocycles. The molecule has 0 fully saturated rings. The Labute approximate surface area is 135 Å². The molecule has 2 aromatic rings. The smallest absolute Gasteiger partial charge is 0.280 e. The third kappa shape index (κ3) is 3.78. The van der Waals surface area contributed by atoms with Gasteiger partial charge in [0.1, 0.15) is 11.4 Å². The quantitative estimate of drug-likeness (QED) is 0.769. The fourth-order valence-electron chi connectivity index (χ4n) is 2.14. The van der Waals surface area contributed by atoms with Crippen LogP contribution in [0.5, 0.6) is 5.75 Å². The van der Waals surface area contributed by atoms with Crippen molar-refractivity contribution in [3.63, 3.8) is 0 Å². The Hall–Kier alpha value is -2.60. The van der Waals surface area contributed by atoms with Crippen LogP contribution in [0.25, 0.3) is 5.57 Å². The first-order chi connectivity index (χ1) is 11.0. The summed E-state index contributed by atoms with van der Waals surface area (Å²) < 4.78 is 6.87. The lowest BCUT2D eigenvalue weighted by atomic mass is 10.1. The van der Waals surface area contributed by atoms with E-state index in [1.165, 1.54) is 12.2 Å². The molecule has 0 aliphatic carbocycles. The van der Waals surface area contributed by atoms with Crippen molar-refractivity contribution >= 4 is 11.5 Å². The largest absolute Gasteiger partial charge is 0.497 e. The molecule has 122 valence electrons. The van der Waals surface area contributed by atoms with Gasteiger partial charge in [0.25, 0.3) is 5.91 Å². The van der Waals surface area contributed by atoms with Crippen molar-refractivity contribution in [3.8, 4) is 5.75 Å². The lowest BCUT2D eigenvalue weighted by Crippen LogP contribution is -2.25. The maximum atomic E-state index is 12.3. The maximum absolute atomic E-state index is 12.3. The molecule has 0 atom stereocenters. The molecule has 0 unspecified atom stereocenters. The van der Waals surface area contributed by atoms with Gasteiger partial charge in [-0.2, -0.15) is 5.10 Å². The molecular weight excluding hydrogens is 294 g/mol. The number of ether oxygens (including phenoxy) is 1. The molecule has 23 heavy (non-hydrogen) atoms. The Kier molecular flexibility index (Phi) is 5.18. The van der Waals surface area contributed by atoms with Crippen LogP contribution >= 0.6 is 0 Å². The van der Waals surface area contributed by atoms with Crippen LogP contribution in [-0.2, 0) is 11.4 Å². The molecule has 0 N–H and O–H groups in total. The summed E-state index contributed by atoms with van der Waals surface area (Å²) in [6.45, 7) is 6.27. The lowest BCUT2D eigenvalue weighted by molar-refractivity contribution is -0.0757. The summed E-state index contributed by atoms with van der Waals surface area (Å²) in [6, 6.07) is 7.71. The standard InChI is InChI=1S/C17H21N3O3/c1-12(2)16-15(17(21)19(3)23-5)11-20(18-16)10-13-6-8-14(22-4)9-7-13/h6-9,11H,1,10H2,2-5H3. The molecule has 6 nitrogen and oxygen atoms in total. The van der Waals surface area contributed by atoms with E-state index in [9.17, 15) is 4.79 Å². The predicted molar refractivity (Wildman–Crippen MR) is 88.1 cm³/mol. The zero-order valence-electron chi connectivity index (χ0n) is 13.9. The molecule has 0 spiro atoms. The lowest BCUT2D eigenvalue weighted by Gasteiger charge is -2.12. The number of benzene rings is 1. The number of hydrogen-bond donors (Lipinski definition) is 0. The molecule has 1 amide bonds. The van der Waals surface area contributed by atoms with Crippen LogP contribution in [0.2, 0.25) is 0 Å². The van der Waals surface area contributed by atoms with E-state index in [0.29, 0.717) is 17.8 Å². The topological polar surface area (TPSA) is 56.6 Å². The predicted octanol–water partition coefficient (Wildman–Crippen LogP) is 2.61. The summed E-state index contributed by atoms with van der Waals surface area (Å²) in [5.74, 6) is 0.543. The fourth-order valence-corrected chi connectivity index (χ4v) is 2.14. The molecule has 0 radical (unpaired) electrons. The molecule has 0 saturated heterocycles. The minimum Gasteiger partial charge on any atom is -0.497 e. The van der Waals surface area contributed by atoms with E-state index in [4.69, 9.17) is 9.57 Å². The molecule has 2 rings (SSSR count). The minimum absolute atomic E-state index is 0.258. The number of carbonyl (C=O) groups excluding carboxylic acids is 1. The number of hydroxylamine groups is 2. The van der Waals surface area contributed by atoms with E-state index in [0.717, 1.165) is 16.9 Å². The average molecular weight is 315 g/mol. The number of allylic oxidation sites excluding steroid dienone is 1. The van der Waals surface area contributed by atoms with Crippen molar-refractivity contribution in [1.29, 1.82) is 0 Å². The van der Waals surface area contributed by atoms with E-state index in [1.807, 2.05) is 31.2 Å². The van der Waals surface area contributed by atoms with Crippen molar-refractivity contribution in [2.75, 3.05) is 21.3 Å². The average Bonchev–Trinajstić information content (AvgIpc) is 2.98. The molecule has 1 aromatic carbocycles. The highest BCUT2D eigenvalue weighted by molar-refractivity contribution is 5.97. The van der Waals surface area contributed by atoms with Crippen LogP contribution in [0.15, 0.2) is 37.0 Å². The first-order valence-electron chi connectivity index (χ1n) is 7.14. The van der Waals surface area contributed by atoms with E-state index in [-0.39, 0.29) is 5.91 Å². The Balaban J connectivity index is 2.29. The molecular formula is C17H21N3O3. The van der Waals surface area contributed by atoms with Crippen molar-refractivity contribution in [3.05, 3.63) is 53.9 Å². The number of carbonyl (C=O) groups is 1. The second-order valence-electron chi connectivity index (χ2n) is 5.20. The highest BCUT2D eigenvalue weighted by Gasteiger charge is 2.20.